The molecule has 0 aliphatic carbocycles. The zero-order valence-corrected chi connectivity index (χ0v) is 19.9. The quantitative estimate of drug-likeness (QED) is 0.372. The van der Waals surface area contributed by atoms with E-state index in [1.807, 2.05) is 54.6 Å². The third-order valence-corrected chi connectivity index (χ3v) is 4.53. The van der Waals surface area contributed by atoms with Crippen LogP contribution in [0.1, 0.15) is 57.5 Å². The molecule has 32 heavy (non-hydrogen) atoms. The summed E-state index contributed by atoms with van der Waals surface area (Å²) >= 11 is 0. The lowest BCUT2D eigenvalue weighted by Crippen LogP contribution is -2.02. The molecule has 0 N–H and O–H groups in total. The topological polar surface area (TPSA) is 50.5 Å². The predicted octanol–water partition coefficient (Wildman–Crippen LogP) is 7.32. The zero-order chi connectivity index (χ0) is 23.2. The van der Waals surface area contributed by atoms with E-state index in [1.54, 1.807) is 12.4 Å². The highest BCUT2D eigenvalue weighted by molar-refractivity contribution is 6.07. The fourth-order valence-corrected chi connectivity index (χ4v) is 2.96. The number of hydrogen-bond acceptors (Lipinski definition) is 4. The van der Waals surface area contributed by atoms with Gasteiger partial charge >= 0.3 is 0 Å². The molecule has 3 aromatic rings. The van der Waals surface area contributed by atoms with Crippen molar-refractivity contribution in [3.63, 3.8) is 0 Å². The molecule has 0 fully saturated rings. The summed E-state index contributed by atoms with van der Waals surface area (Å²) in [5.74, 6) is 0. The van der Waals surface area contributed by atoms with Gasteiger partial charge in [-0.2, -0.15) is 0 Å². The van der Waals surface area contributed by atoms with Gasteiger partial charge in [0, 0.05) is 18.1 Å². The van der Waals surface area contributed by atoms with Crippen molar-refractivity contribution in [2.75, 3.05) is 0 Å². The van der Waals surface area contributed by atoms with Gasteiger partial charge in [-0.3, -0.25) is 20.0 Å². The summed E-state index contributed by atoms with van der Waals surface area (Å²) in [6.07, 6.45) is 7.87. The van der Waals surface area contributed by atoms with Crippen LogP contribution in [0.3, 0.4) is 0 Å². The minimum atomic E-state index is 0.566. The lowest BCUT2D eigenvalue weighted by atomic mass is 10.2. The first-order chi connectivity index (χ1) is 15.5. The van der Waals surface area contributed by atoms with Gasteiger partial charge in [0.25, 0.3) is 0 Å². The molecule has 0 unspecified atom stereocenters. The molecule has 0 bridgehead atoms. The van der Waals surface area contributed by atoms with E-state index in [0.717, 1.165) is 29.2 Å². The molecule has 2 heterocycles. The summed E-state index contributed by atoms with van der Waals surface area (Å²) < 4.78 is 0. The van der Waals surface area contributed by atoms with E-state index in [4.69, 9.17) is 0 Å². The lowest BCUT2D eigenvalue weighted by molar-refractivity contribution is 0.987. The molecule has 0 spiro atoms. The highest BCUT2D eigenvalue weighted by atomic mass is 14.8. The van der Waals surface area contributed by atoms with Crippen LogP contribution in [0, 0.1) is 6.92 Å². The van der Waals surface area contributed by atoms with Crippen molar-refractivity contribution < 1.29 is 0 Å². The summed E-state index contributed by atoms with van der Waals surface area (Å²) in [6.45, 7) is 11.0. The highest BCUT2D eigenvalue weighted by Crippen LogP contribution is 2.17. The third kappa shape index (κ3) is 9.17. The average molecular weight is 427 g/mol. The van der Waals surface area contributed by atoms with Crippen molar-refractivity contribution in [1.82, 2.24) is 9.97 Å². The molecule has 166 valence electrons. The van der Waals surface area contributed by atoms with Crippen molar-refractivity contribution in [2.45, 2.75) is 54.0 Å². The van der Waals surface area contributed by atoms with Gasteiger partial charge in [-0.15, -0.1) is 0 Å². The second-order valence-electron chi connectivity index (χ2n) is 7.84. The molecule has 2 aromatic heterocycles. The van der Waals surface area contributed by atoms with Crippen LogP contribution in [0.4, 0.5) is 5.69 Å². The summed E-state index contributed by atoms with van der Waals surface area (Å²) in [5.41, 5.74) is 7.51. The first-order valence-electron chi connectivity index (χ1n) is 11.1. The van der Waals surface area contributed by atoms with Crippen molar-refractivity contribution in [2.24, 2.45) is 9.98 Å². The molecular formula is C28H34N4. The van der Waals surface area contributed by atoms with Crippen molar-refractivity contribution in [3.05, 3.63) is 102 Å². The minimum absolute atomic E-state index is 0.566. The average Bonchev–Trinajstić information content (AvgIpc) is 2.80. The molecular weight excluding hydrogens is 392 g/mol. The van der Waals surface area contributed by atoms with Gasteiger partial charge in [-0.25, -0.2) is 0 Å². The summed E-state index contributed by atoms with van der Waals surface area (Å²) in [4.78, 5) is 17.8. The smallest absolute Gasteiger partial charge is 0.0881 e. The van der Waals surface area contributed by atoms with Crippen molar-refractivity contribution >= 4 is 17.1 Å². The van der Waals surface area contributed by atoms with Crippen LogP contribution in [-0.2, 0) is 6.54 Å². The van der Waals surface area contributed by atoms with Crippen molar-refractivity contribution in [1.29, 1.82) is 0 Å². The monoisotopic (exact) mass is 426 g/mol. The summed E-state index contributed by atoms with van der Waals surface area (Å²) in [5, 5.41) is 0. The number of pyridine rings is 2. The number of hydrogen-bond donors (Lipinski definition) is 0. The second kappa shape index (κ2) is 13.8. The number of nitrogens with zero attached hydrogens (tertiary/aromatic N) is 4. The Kier molecular flexibility index (Phi) is 10.7. The highest BCUT2D eigenvalue weighted by Gasteiger charge is 2.01. The maximum atomic E-state index is 4.62. The molecule has 0 saturated heterocycles. The van der Waals surface area contributed by atoms with Gasteiger partial charge in [0.1, 0.15) is 0 Å². The van der Waals surface area contributed by atoms with E-state index in [1.165, 1.54) is 23.3 Å². The molecule has 1 aromatic carbocycles. The summed E-state index contributed by atoms with van der Waals surface area (Å²) in [6, 6.07) is 19.9. The van der Waals surface area contributed by atoms with Gasteiger partial charge < -0.3 is 0 Å². The number of benzene rings is 1. The van der Waals surface area contributed by atoms with E-state index in [2.05, 4.69) is 66.7 Å². The van der Waals surface area contributed by atoms with E-state index in [9.17, 15) is 0 Å². The molecule has 0 saturated carbocycles. The van der Waals surface area contributed by atoms with Crippen LogP contribution in [-0.4, -0.2) is 21.4 Å². The van der Waals surface area contributed by atoms with E-state index >= 15 is 0 Å². The fourth-order valence-electron chi connectivity index (χ4n) is 2.96. The molecule has 4 heteroatoms. The molecule has 0 amide bonds. The van der Waals surface area contributed by atoms with E-state index in [-0.39, 0.29) is 0 Å². The number of aromatic nitrogens is 2. The van der Waals surface area contributed by atoms with Crippen LogP contribution < -0.4 is 0 Å². The Labute approximate surface area is 192 Å². The lowest BCUT2D eigenvalue weighted by Gasteiger charge is -2.02. The van der Waals surface area contributed by atoms with Crippen molar-refractivity contribution in [3.8, 4) is 0 Å². The zero-order valence-electron chi connectivity index (χ0n) is 19.9. The van der Waals surface area contributed by atoms with Crippen LogP contribution in [0.15, 0.2) is 94.7 Å². The second-order valence-corrected chi connectivity index (χ2v) is 7.84. The number of allylic oxidation sites excluding steroid dienone is 2. The Morgan fingerprint density at radius 2 is 1.56 bits per heavy atom. The van der Waals surface area contributed by atoms with Gasteiger partial charge in [0.05, 0.1) is 29.3 Å². The van der Waals surface area contributed by atoms with Gasteiger partial charge in [-0.05, 0) is 76.1 Å². The number of aryl methyl sites for hydroxylation is 1. The molecule has 0 radical (unpaired) electrons. The number of para-hydroxylation sites is 1. The first-order valence-corrected chi connectivity index (χ1v) is 11.1. The Bertz CT molecular complexity index is 1030. The van der Waals surface area contributed by atoms with Gasteiger partial charge in [-0.1, -0.05) is 49.2 Å². The van der Waals surface area contributed by atoms with E-state index < -0.39 is 0 Å². The molecule has 0 atom stereocenters. The van der Waals surface area contributed by atoms with Crippen LogP contribution in [0.25, 0.3) is 0 Å². The predicted molar refractivity (Wildman–Crippen MR) is 137 cm³/mol. The Morgan fingerprint density at radius 1 is 0.875 bits per heavy atom. The Morgan fingerprint density at radius 3 is 2.16 bits per heavy atom. The van der Waals surface area contributed by atoms with Crippen LogP contribution >= 0.6 is 0 Å². The minimum Gasteiger partial charge on any atom is -0.277 e. The van der Waals surface area contributed by atoms with E-state index in [0.29, 0.717) is 6.54 Å². The Balaban J connectivity index is 0.000000244. The summed E-state index contributed by atoms with van der Waals surface area (Å²) in [7, 11) is 0. The largest absolute Gasteiger partial charge is 0.277 e. The molecule has 4 nitrogen and oxygen atoms in total. The van der Waals surface area contributed by atoms with Crippen LogP contribution in [0.5, 0.6) is 0 Å². The molecule has 3 rings (SSSR count). The fraction of sp³-hybridized carbons (Fsp3) is 0.286. The third-order valence-electron chi connectivity index (χ3n) is 4.53. The first kappa shape index (κ1) is 24.9. The van der Waals surface area contributed by atoms with Gasteiger partial charge in [0.15, 0.2) is 0 Å². The number of aliphatic imine (C=N–C) groups is 2. The maximum absolute atomic E-state index is 4.62. The number of rotatable bonds is 7. The Hall–Kier alpha value is -3.40. The SMILES string of the molecule is CC(C)=CC(=NCc1ccccn1)c1ccccn1.CCCC(C)=Nc1ccccc1C. The normalized spacial score (nSPS) is 11.4. The standard InChI is InChI=1S/C16H17N3.C12H17N/c1-13(2)11-16(15-8-4-6-10-18-15)19-12-14-7-3-5-9-17-14;1-4-7-11(3)13-12-9-6-5-8-10(12)2/h3-11H,12H2,1-2H3;5-6,8-9H,4,7H2,1-3H3. The maximum Gasteiger partial charge on any atom is 0.0881 e. The van der Waals surface area contributed by atoms with Gasteiger partial charge in [0.2, 0.25) is 0 Å². The molecule has 0 aliphatic rings. The molecule has 0 aliphatic heterocycles. The van der Waals surface area contributed by atoms with Crippen LogP contribution in [0.2, 0.25) is 0 Å².